The standard InChI is InChI=1S/C12H20N4O8S.Na/c1-11(2,3)12(8(17)13-14-9(18)19)5-4-7-6-15(12)10(20)16(7)24-25(21,22)23;/h7,14H,4-6H2,1-3H3,(H,13,17)(H,18,19)(H,21,22,23);/q;+1/p-1/t7-,12-;/m1./s1. The molecule has 14 heteroatoms. The number of nitrogens with zero attached hydrogens (tertiary/aromatic N) is 2. The van der Waals surface area contributed by atoms with Crippen LogP contribution in [0.4, 0.5) is 9.59 Å². The average molecular weight is 402 g/mol. The summed E-state index contributed by atoms with van der Waals surface area (Å²) in [5.74, 6) is -0.787. The molecule has 26 heavy (non-hydrogen) atoms. The maximum absolute atomic E-state index is 12.7. The number of nitrogens with one attached hydrogen (secondary N) is 2. The van der Waals surface area contributed by atoms with Crippen molar-refractivity contribution in [2.24, 2.45) is 5.41 Å². The molecular weight excluding hydrogens is 383 g/mol. The number of hydrogen-bond donors (Lipinski definition) is 3. The topological polar surface area (TPSA) is 168 Å². The second kappa shape index (κ2) is 7.48. The van der Waals surface area contributed by atoms with Crippen LogP contribution >= 0.6 is 0 Å². The zero-order valence-corrected chi connectivity index (χ0v) is 17.6. The van der Waals surface area contributed by atoms with Crippen molar-refractivity contribution in [2.45, 2.75) is 45.2 Å². The second-order valence-electron chi connectivity index (χ2n) is 6.89. The Hall–Kier alpha value is -1.12. The number of carbonyl (C=O) groups is 3. The van der Waals surface area contributed by atoms with Crippen molar-refractivity contribution in [3.8, 4) is 0 Å². The second-order valence-corrected chi connectivity index (χ2v) is 7.90. The summed E-state index contributed by atoms with van der Waals surface area (Å²) >= 11 is 0. The fourth-order valence-corrected chi connectivity index (χ4v) is 3.83. The number of piperidine rings is 1. The van der Waals surface area contributed by atoms with Gasteiger partial charge in [-0.1, -0.05) is 20.8 Å². The van der Waals surface area contributed by atoms with Crippen LogP contribution in [0.15, 0.2) is 0 Å². The van der Waals surface area contributed by atoms with Crippen molar-refractivity contribution in [1.82, 2.24) is 20.8 Å². The number of amides is 4. The number of fused-ring (bicyclic) bond motifs is 2. The van der Waals surface area contributed by atoms with Gasteiger partial charge in [0.1, 0.15) is 5.54 Å². The van der Waals surface area contributed by atoms with E-state index in [-0.39, 0.29) is 48.9 Å². The van der Waals surface area contributed by atoms with Gasteiger partial charge < -0.3 is 14.8 Å². The summed E-state index contributed by atoms with van der Waals surface area (Å²) in [4.78, 5) is 37.0. The Morgan fingerprint density at radius 3 is 2.38 bits per heavy atom. The van der Waals surface area contributed by atoms with Crippen molar-refractivity contribution >= 4 is 28.4 Å². The van der Waals surface area contributed by atoms with Gasteiger partial charge >= 0.3 is 46.0 Å². The van der Waals surface area contributed by atoms with Crippen LogP contribution in [0.1, 0.15) is 33.6 Å². The van der Waals surface area contributed by atoms with E-state index in [1.54, 1.807) is 26.2 Å². The van der Waals surface area contributed by atoms with E-state index in [1.165, 1.54) is 0 Å². The predicted octanol–water partition coefficient (Wildman–Crippen LogP) is -4.63. The molecule has 0 unspecified atom stereocenters. The summed E-state index contributed by atoms with van der Waals surface area (Å²) in [6, 6.07) is -1.59. The first-order valence-corrected chi connectivity index (χ1v) is 8.71. The Kier molecular flexibility index (Phi) is 6.59. The Balaban J connectivity index is 0.00000338. The van der Waals surface area contributed by atoms with Crippen LogP contribution < -0.4 is 45.5 Å². The Morgan fingerprint density at radius 2 is 1.92 bits per heavy atom. The summed E-state index contributed by atoms with van der Waals surface area (Å²) in [5.41, 5.74) is 1.34. The number of carboxylic acid groups (broad SMARTS) is 1. The molecule has 12 nitrogen and oxygen atoms in total. The molecule has 2 saturated heterocycles. The summed E-state index contributed by atoms with van der Waals surface area (Å²) < 4.78 is 35.1. The fourth-order valence-electron chi connectivity index (χ4n) is 3.44. The smallest absolute Gasteiger partial charge is 0.529 e. The van der Waals surface area contributed by atoms with Crippen LogP contribution in [0.2, 0.25) is 0 Å². The van der Waals surface area contributed by atoms with Crippen molar-refractivity contribution in [3.05, 3.63) is 0 Å². The van der Waals surface area contributed by atoms with E-state index >= 15 is 0 Å². The van der Waals surface area contributed by atoms with Gasteiger partial charge in [0.05, 0.1) is 6.04 Å². The van der Waals surface area contributed by atoms with Crippen LogP contribution in [0.5, 0.6) is 0 Å². The molecular formula is C12H19N4NaO8S. The Labute approximate surface area is 172 Å². The SMILES string of the molecule is CC(C)(C)[C@]1(C(=O)NNC(=O)[O-])CC[C@@H]2CN1C(=O)N2OS(=O)(=O)O.[Na+]. The third-order valence-corrected chi connectivity index (χ3v) is 4.86. The molecule has 0 aromatic carbocycles. The Morgan fingerprint density at radius 1 is 1.35 bits per heavy atom. The van der Waals surface area contributed by atoms with Gasteiger partial charge in [-0.2, -0.15) is 13.5 Å². The number of hydrazine groups is 1. The van der Waals surface area contributed by atoms with E-state index < -0.39 is 45.4 Å². The minimum absolute atomic E-state index is 0. The zero-order valence-electron chi connectivity index (χ0n) is 14.8. The summed E-state index contributed by atoms with van der Waals surface area (Å²) in [7, 11) is -4.91. The average Bonchev–Trinajstić information content (AvgIpc) is 2.68. The quantitative estimate of drug-likeness (QED) is 0.241. The van der Waals surface area contributed by atoms with Crippen LogP contribution in [-0.4, -0.2) is 59.1 Å². The molecule has 0 aromatic heterocycles. The third-order valence-electron chi connectivity index (χ3n) is 4.51. The first kappa shape index (κ1) is 22.9. The van der Waals surface area contributed by atoms with E-state index in [0.717, 1.165) is 4.90 Å². The van der Waals surface area contributed by atoms with Crippen LogP contribution in [0, 0.1) is 5.41 Å². The van der Waals surface area contributed by atoms with Gasteiger partial charge in [0, 0.05) is 6.54 Å². The molecule has 0 saturated carbocycles. The maximum Gasteiger partial charge on any atom is 1.00 e. The number of hydroxylamine groups is 2. The normalized spacial score (nSPS) is 25.5. The molecule has 3 N–H and O–H groups in total. The van der Waals surface area contributed by atoms with Gasteiger partial charge in [-0.05, 0) is 18.3 Å². The van der Waals surface area contributed by atoms with Gasteiger partial charge in [0.25, 0.3) is 5.91 Å². The van der Waals surface area contributed by atoms with Crippen molar-refractivity contribution in [1.29, 1.82) is 0 Å². The monoisotopic (exact) mass is 402 g/mol. The van der Waals surface area contributed by atoms with Crippen molar-refractivity contribution in [3.63, 3.8) is 0 Å². The fraction of sp³-hybridized carbons (Fsp3) is 0.750. The number of hydrogen-bond acceptors (Lipinski definition) is 7. The van der Waals surface area contributed by atoms with Crippen molar-refractivity contribution < 1.29 is 66.3 Å². The molecule has 4 amide bonds. The van der Waals surface area contributed by atoms with Gasteiger partial charge in [0.15, 0.2) is 6.09 Å². The number of carbonyl (C=O) groups excluding carboxylic acids is 3. The molecule has 2 aliphatic rings. The Bertz CT molecular complexity index is 709. The maximum atomic E-state index is 12.7. The van der Waals surface area contributed by atoms with Crippen LogP contribution in [0.25, 0.3) is 0 Å². The number of rotatable bonds is 3. The van der Waals surface area contributed by atoms with Gasteiger partial charge in [-0.25, -0.2) is 4.79 Å². The molecule has 0 aromatic rings. The van der Waals surface area contributed by atoms with Gasteiger partial charge in [0.2, 0.25) is 0 Å². The zero-order chi connectivity index (χ0) is 19.2. The number of urea groups is 1. The molecule has 0 spiro atoms. The summed E-state index contributed by atoms with van der Waals surface area (Å²) in [6.45, 7) is 5.03. The molecule has 2 bridgehead atoms. The van der Waals surface area contributed by atoms with Crippen molar-refractivity contribution in [2.75, 3.05) is 6.54 Å². The first-order chi connectivity index (χ1) is 11.3. The molecule has 2 rings (SSSR count). The molecule has 2 atom stereocenters. The first-order valence-electron chi connectivity index (χ1n) is 7.35. The molecule has 2 aliphatic heterocycles. The third kappa shape index (κ3) is 4.07. The van der Waals surface area contributed by atoms with E-state index in [9.17, 15) is 27.9 Å². The van der Waals surface area contributed by atoms with Crippen LogP contribution in [-0.2, 0) is 19.5 Å². The molecule has 0 aliphatic carbocycles. The summed E-state index contributed by atoms with van der Waals surface area (Å²) in [6.07, 6.45) is -1.40. The molecule has 142 valence electrons. The van der Waals surface area contributed by atoms with E-state index in [1.807, 2.05) is 5.43 Å². The van der Waals surface area contributed by atoms with E-state index in [2.05, 4.69) is 4.28 Å². The minimum atomic E-state index is -4.91. The van der Waals surface area contributed by atoms with Crippen LogP contribution in [0.3, 0.4) is 0 Å². The van der Waals surface area contributed by atoms with E-state index in [4.69, 9.17) is 4.55 Å². The predicted molar refractivity (Wildman–Crippen MR) is 78.5 cm³/mol. The molecule has 0 radical (unpaired) electrons. The largest absolute Gasteiger partial charge is 1.00 e. The van der Waals surface area contributed by atoms with Gasteiger partial charge in [-0.15, -0.1) is 4.28 Å². The molecule has 2 heterocycles. The van der Waals surface area contributed by atoms with E-state index in [0.29, 0.717) is 5.06 Å². The minimum Gasteiger partial charge on any atom is -0.529 e. The molecule has 2 fully saturated rings. The van der Waals surface area contributed by atoms with Gasteiger partial charge in [-0.3, -0.25) is 20.2 Å². The summed E-state index contributed by atoms with van der Waals surface area (Å²) in [5, 5.41) is 11.0.